The maximum absolute atomic E-state index is 2.52. The summed E-state index contributed by atoms with van der Waals surface area (Å²) in [7, 11) is 0. The number of nitrogens with zero attached hydrogens (tertiary/aromatic N) is 1. The molecular formula is C8H17N. The molecule has 1 aliphatic rings. The normalized spacial score (nSPS) is 37.7. The number of hydrogen-bond donors (Lipinski definition) is 0. The van der Waals surface area contributed by atoms with Crippen molar-refractivity contribution in [2.75, 3.05) is 19.6 Å². The maximum Gasteiger partial charge on any atom is 0.00100 e. The van der Waals surface area contributed by atoms with Crippen LogP contribution in [-0.4, -0.2) is 24.5 Å². The summed E-state index contributed by atoms with van der Waals surface area (Å²) in [5.41, 5.74) is 0. The van der Waals surface area contributed by atoms with Gasteiger partial charge in [0.05, 0.1) is 0 Å². The molecule has 0 amide bonds. The van der Waals surface area contributed by atoms with Crippen molar-refractivity contribution in [2.24, 2.45) is 11.8 Å². The van der Waals surface area contributed by atoms with E-state index in [4.69, 9.17) is 0 Å². The van der Waals surface area contributed by atoms with Crippen LogP contribution in [0.2, 0.25) is 0 Å². The molecule has 1 heteroatoms. The van der Waals surface area contributed by atoms with Gasteiger partial charge in [-0.05, 0) is 18.4 Å². The van der Waals surface area contributed by atoms with Crippen LogP contribution in [-0.2, 0) is 0 Å². The molecule has 0 radical (unpaired) electrons. The summed E-state index contributed by atoms with van der Waals surface area (Å²) in [5.74, 6) is 1.84. The number of hydrogen-bond acceptors (Lipinski definition) is 1. The van der Waals surface area contributed by atoms with E-state index in [-0.39, 0.29) is 0 Å². The van der Waals surface area contributed by atoms with Crippen molar-refractivity contribution in [3.63, 3.8) is 0 Å². The zero-order valence-electron chi connectivity index (χ0n) is 6.72. The molecule has 1 nitrogen and oxygen atoms in total. The molecule has 0 bridgehead atoms. The molecule has 0 aromatic rings. The molecule has 2 atom stereocenters. The molecular weight excluding hydrogens is 110 g/mol. The Balaban J connectivity index is 2.35. The number of likely N-dealkylation sites (tertiary alicyclic amines) is 1. The molecule has 1 rings (SSSR count). The van der Waals surface area contributed by atoms with Crippen molar-refractivity contribution in [1.29, 1.82) is 0 Å². The van der Waals surface area contributed by atoms with Crippen LogP contribution in [0.1, 0.15) is 20.8 Å². The van der Waals surface area contributed by atoms with Crippen molar-refractivity contribution in [1.82, 2.24) is 4.90 Å². The molecule has 0 aromatic carbocycles. The van der Waals surface area contributed by atoms with E-state index >= 15 is 0 Å². The minimum Gasteiger partial charge on any atom is -0.303 e. The molecule has 0 aliphatic carbocycles. The lowest BCUT2D eigenvalue weighted by molar-refractivity contribution is 0.342. The largest absolute Gasteiger partial charge is 0.303 e. The Morgan fingerprint density at radius 1 is 1.22 bits per heavy atom. The van der Waals surface area contributed by atoms with Crippen molar-refractivity contribution < 1.29 is 0 Å². The van der Waals surface area contributed by atoms with Gasteiger partial charge in [0.15, 0.2) is 0 Å². The highest BCUT2D eigenvalue weighted by atomic mass is 15.1. The highest BCUT2D eigenvalue weighted by molar-refractivity contribution is 4.76. The first kappa shape index (κ1) is 7.07. The Kier molecular flexibility index (Phi) is 2.12. The average Bonchev–Trinajstić information content (AvgIpc) is 2.13. The summed E-state index contributed by atoms with van der Waals surface area (Å²) >= 11 is 0. The quantitative estimate of drug-likeness (QED) is 0.517. The van der Waals surface area contributed by atoms with Gasteiger partial charge < -0.3 is 4.90 Å². The van der Waals surface area contributed by atoms with E-state index in [0.29, 0.717) is 0 Å². The van der Waals surface area contributed by atoms with Gasteiger partial charge in [-0.25, -0.2) is 0 Å². The zero-order chi connectivity index (χ0) is 6.85. The second kappa shape index (κ2) is 2.70. The molecule has 1 heterocycles. The topological polar surface area (TPSA) is 3.24 Å². The molecule has 1 aliphatic heterocycles. The SMILES string of the molecule is CCN1C[C@@H](C)[C@H](C)C1. The Hall–Kier alpha value is -0.0400. The van der Waals surface area contributed by atoms with Crippen LogP contribution < -0.4 is 0 Å². The summed E-state index contributed by atoms with van der Waals surface area (Å²) in [5, 5.41) is 0. The Morgan fingerprint density at radius 2 is 1.67 bits per heavy atom. The Morgan fingerprint density at radius 3 is 1.89 bits per heavy atom. The van der Waals surface area contributed by atoms with Crippen molar-refractivity contribution in [2.45, 2.75) is 20.8 Å². The maximum atomic E-state index is 2.52. The Bertz CT molecular complexity index is 80.6. The fourth-order valence-electron chi connectivity index (χ4n) is 1.51. The highest BCUT2D eigenvalue weighted by Crippen LogP contribution is 2.20. The fraction of sp³-hybridized carbons (Fsp3) is 1.00. The smallest absolute Gasteiger partial charge is 0.00100 e. The van der Waals surface area contributed by atoms with Crippen LogP contribution in [0.25, 0.3) is 0 Å². The average molecular weight is 127 g/mol. The minimum absolute atomic E-state index is 0.921. The van der Waals surface area contributed by atoms with Crippen molar-refractivity contribution in [3.05, 3.63) is 0 Å². The molecule has 54 valence electrons. The predicted octanol–water partition coefficient (Wildman–Crippen LogP) is 1.59. The summed E-state index contributed by atoms with van der Waals surface area (Å²) in [6, 6.07) is 0. The lowest BCUT2D eigenvalue weighted by Gasteiger charge is -2.10. The molecule has 9 heavy (non-hydrogen) atoms. The summed E-state index contributed by atoms with van der Waals surface area (Å²) in [4.78, 5) is 2.52. The van der Waals surface area contributed by atoms with Gasteiger partial charge in [-0.2, -0.15) is 0 Å². The molecule has 0 unspecified atom stereocenters. The van der Waals surface area contributed by atoms with E-state index in [1.165, 1.54) is 19.6 Å². The van der Waals surface area contributed by atoms with E-state index in [2.05, 4.69) is 25.7 Å². The van der Waals surface area contributed by atoms with Crippen LogP contribution in [0.15, 0.2) is 0 Å². The van der Waals surface area contributed by atoms with Gasteiger partial charge in [0.1, 0.15) is 0 Å². The van der Waals surface area contributed by atoms with Gasteiger partial charge in [-0.3, -0.25) is 0 Å². The molecule has 1 saturated heterocycles. The van der Waals surface area contributed by atoms with Crippen LogP contribution in [0.3, 0.4) is 0 Å². The van der Waals surface area contributed by atoms with Crippen LogP contribution in [0, 0.1) is 11.8 Å². The Labute approximate surface area is 58.0 Å². The van der Waals surface area contributed by atoms with Crippen molar-refractivity contribution in [3.8, 4) is 0 Å². The van der Waals surface area contributed by atoms with Crippen LogP contribution >= 0.6 is 0 Å². The summed E-state index contributed by atoms with van der Waals surface area (Å²) < 4.78 is 0. The van der Waals surface area contributed by atoms with E-state index < -0.39 is 0 Å². The summed E-state index contributed by atoms with van der Waals surface area (Å²) in [6.45, 7) is 10.8. The fourth-order valence-corrected chi connectivity index (χ4v) is 1.51. The van der Waals surface area contributed by atoms with E-state index in [1.807, 2.05) is 0 Å². The third-order valence-electron chi connectivity index (χ3n) is 2.51. The lowest BCUT2D eigenvalue weighted by atomic mass is 10.0. The van der Waals surface area contributed by atoms with Crippen LogP contribution in [0.5, 0.6) is 0 Å². The van der Waals surface area contributed by atoms with Gasteiger partial charge in [-0.1, -0.05) is 20.8 Å². The third kappa shape index (κ3) is 1.45. The minimum atomic E-state index is 0.921. The molecule has 1 fully saturated rings. The highest BCUT2D eigenvalue weighted by Gasteiger charge is 2.23. The predicted molar refractivity (Wildman–Crippen MR) is 40.4 cm³/mol. The molecule has 0 aromatic heterocycles. The lowest BCUT2D eigenvalue weighted by Crippen LogP contribution is -2.19. The van der Waals surface area contributed by atoms with Gasteiger partial charge in [0.25, 0.3) is 0 Å². The standard InChI is InChI=1S/C8H17N/c1-4-9-5-7(2)8(3)6-9/h7-8H,4-6H2,1-3H3/t7-,8-/m1/s1. The monoisotopic (exact) mass is 127 g/mol. The van der Waals surface area contributed by atoms with Gasteiger partial charge in [0.2, 0.25) is 0 Å². The van der Waals surface area contributed by atoms with E-state index in [1.54, 1.807) is 0 Å². The number of rotatable bonds is 1. The van der Waals surface area contributed by atoms with Gasteiger partial charge in [-0.15, -0.1) is 0 Å². The first-order valence-electron chi connectivity index (χ1n) is 3.96. The first-order chi connectivity index (χ1) is 4.24. The third-order valence-corrected chi connectivity index (χ3v) is 2.51. The molecule has 0 spiro atoms. The van der Waals surface area contributed by atoms with Gasteiger partial charge >= 0.3 is 0 Å². The summed E-state index contributed by atoms with van der Waals surface area (Å²) in [6.07, 6.45) is 0. The van der Waals surface area contributed by atoms with E-state index in [0.717, 1.165) is 11.8 Å². The first-order valence-corrected chi connectivity index (χ1v) is 3.96. The second-order valence-electron chi connectivity index (χ2n) is 3.31. The van der Waals surface area contributed by atoms with Crippen molar-refractivity contribution >= 4 is 0 Å². The second-order valence-corrected chi connectivity index (χ2v) is 3.31. The zero-order valence-corrected chi connectivity index (χ0v) is 6.72. The molecule has 0 N–H and O–H groups in total. The van der Waals surface area contributed by atoms with Crippen LogP contribution in [0.4, 0.5) is 0 Å². The van der Waals surface area contributed by atoms with E-state index in [9.17, 15) is 0 Å². The molecule has 0 saturated carbocycles. The van der Waals surface area contributed by atoms with Gasteiger partial charge in [0, 0.05) is 13.1 Å².